The van der Waals surface area contributed by atoms with Crippen LogP contribution in [0.3, 0.4) is 0 Å². The first-order valence-electron chi connectivity index (χ1n) is 6.26. The number of rotatable bonds is 6. The summed E-state index contributed by atoms with van der Waals surface area (Å²) >= 11 is 0. The third-order valence-electron chi connectivity index (χ3n) is 2.85. The highest BCUT2D eigenvalue weighted by molar-refractivity contribution is 5.53. The zero-order valence-electron chi connectivity index (χ0n) is 11.6. The molecule has 106 valence electrons. The Bertz CT molecular complexity index is 533. The minimum atomic E-state index is 0.343. The molecule has 5 nitrogen and oxygen atoms in total. The Morgan fingerprint density at radius 1 is 1.10 bits per heavy atom. The zero-order valence-corrected chi connectivity index (χ0v) is 11.6. The van der Waals surface area contributed by atoms with Gasteiger partial charge in [0.15, 0.2) is 11.5 Å². The molecule has 0 saturated carbocycles. The van der Waals surface area contributed by atoms with Crippen LogP contribution in [0.1, 0.15) is 11.3 Å². The van der Waals surface area contributed by atoms with E-state index in [0.717, 1.165) is 11.3 Å². The SMILES string of the molecule is COc1cc(CN)cc(OC)c1OCc1ccccn1. The summed E-state index contributed by atoms with van der Waals surface area (Å²) < 4.78 is 16.5. The van der Waals surface area contributed by atoms with Crippen LogP contribution in [0.25, 0.3) is 0 Å². The Kier molecular flexibility index (Phi) is 4.79. The molecule has 0 fully saturated rings. The number of nitrogens with two attached hydrogens (primary N) is 1. The molecule has 0 unspecified atom stereocenters. The van der Waals surface area contributed by atoms with Crippen LogP contribution >= 0.6 is 0 Å². The van der Waals surface area contributed by atoms with Crippen LogP contribution in [0.15, 0.2) is 36.5 Å². The fourth-order valence-corrected chi connectivity index (χ4v) is 1.82. The summed E-state index contributed by atoms with van der Waals surface area (Å²) in [5.74, 6) is 1.75. The van der Waals surface area contributed by atoms with Gasteiger partial charge in [-0.3, -0.25) is 4.98 Å². The lowest BCUT2D eigenvalue weighted by Gasteiger charge is -2.15. The van der Waals surface area contributed by atoms with Gasteiger partial charge in [0, 0.05) is 12.7 Å². The van der Waals surface area contributed by atoms with Gasteiger partial charge in [-0.15, -0.1) is 0 Å². The topological polar surface area (TPSA) is 66.6 Å². The molecule has 0 aliphatic carbocycles. The molecule has 0 aliphatic heterocycles. The second-order valence-corrected chi connectivity index (χ2v) is 4.14. The van der Waals surface area contributed by atoms with E-state index in [9.17, 15) is 0 Å². The monoisotopic (exact) mass is 274 g/mol. The van der Waals surface area contributed by atoms with Gasteiger partial charge in [-0.05, 0) is 29.8 Å². The van der Waals surface area contributed by atoms with Gasteiger partial charge in [-0.1, -0.05) is 6.07 Å². The fraction of sp³-hybridized carbons (Fsp3) is 0.267. The molecule has 0 atom stereocenters. The molecule has 0 spiro atoms. The number of pyridine rings is 1. The Morgan fingerprint density at radius 3 is 2.30 bits per heavy atom. The summed E-state index contributed by atoms with van der Waals surface area (Å²) in [4.78, 5) is 4.21. The standard InChI is InChI=1S/C15H18N2O3/c1-18-13-7-11(9-16)8-14(19-2)15(13)20-10-12-5-3-4-6-17-12/h3-8H,9-10,16H2,1-2H3. The number of benzene rings is 1. The second kappa shape index (κ2) is 6.77. The summed E-state index contributed by atoms with van der Waals surface area (Å²) in [7, 11) is 3.17. The molecule has 20 heavy (non-hydrogen) atoms. The first kappa shape index (κ1) is 14.1. The van der Waals surface area contributed by atoms with Crippen LogP contribution in [-0.2, 0) is 13.2 Å². The predicted molar refractivity (Wildman–Crippen MR) is 76.0 cm³/mol. The zero-order chi connectivity index (χ0) is 14.4. The third-order valence-corrected chi connectivity index (χ3v) is 2.85. The smallest absolute Gasteiger partial charge is 0.203 e. The molecule has 0 bridgehead atoms. The molecule has 2 N–H and O–H groups in total. The number of hydrogen-bond donors (Lipinski definition) is 1. The van der Waals surface area contributed by atoms with Crippen molar-refractivity contribution in [1.82, 2.24) is 4.98 Å². The molecule has 0 amide bonds. The van der Waals surface area contributed by atoms with E-state index >= 15 is 0 Å². The molecular weight excluding hydrogens is 256 g/mol. The van der Waals surface area contributed by atoms with Gasteiger partial charge < -0.3 is 19.9 Å². The van der Waals surface area contributed by atoms with Crippen molar-refractivity contribution in [3.63, 3.8) is 0 Å². The van der Waals surface area contributed by atoms with Gasteiger partial charge in [-0.25, -0.2) is 0 Å². The summed E-state index contributed by atoms with van der Waals surface area (Å²) in [6, 6.07) is 9.36. The molecule has 0 radical (unpaired) electrons. The molecule has 1 aromatic heterocycles. The van der Waals surface area contributed by atoms with Crippen LogP contribution < -0.4 is 19.9 Å². The van der Waals surface area contributed by atoms with Crippen molar-refractivity contribution in [3.05, 3.63) is 47.8 Å². The van der Waals surface area contributed by atoms with Crippen LogP contribution in [0.4, 0.5) is 0 Å². The van der Waals surface area contributed by atoms with Crippen molar-refractivity contribution in [1.29, 1.82) is 0 Å². The molecule has 0 aliphatic rings. The third kappa shape index (κ3) is 3.19. The minimum Gasteiger partial charge on any atom is -0.493 e. The molecule has 0 saturated heterocycles. The molecule has 2 rings (SSSR count). The largest absolute Gasteiger partial charge is 0.493 e. The predicted octanol–water partition coefficient (Wildman–Crippen LogP) is 2.14. The maximum absolute atomic E-state index is 5.78. The maximum Gasteiger partial charge on any atom is 0.203 e. The van der Waals surface area contributed by atoms with Crippen molar-refractivity contribution in [2.75, 3.05) is 14.2 Å². The van der Waals surface area contributed by atoms with E-state index in [1.165, 1.54) is 0 Å². The van der Waals surface area contributed by atoms with Gasteiger partial charge in [0.05, 0.1) is 19.9 Å². The Morgan fingerprint density at radius 2 is 1.80 bits per heavy atom. The van der Waals surface area contributed by atoms with Gasteiger partial charge >= 0.3 is 0 Å². The van der Waals surface area contributed by atoms with Gasteiger partial charge in [0.1, 0.15) is 6.61 Å². The van der Waals surface area contributed by atoms with Crippen LogP contribution in [-0.4, -0.2) is 19.2 Å². The molecular formula is C15H18N2O3. The average Bonchev–Trinajstić information content (AvgIpc) is 2.52. The van der Waals surface area contributed by atoms with E-state index in [1.54, 1.807) is 20.4 Å². The summed E-state index contributed by atoms with van der Waals surface area (Å²) in [5, 5.41) is 0. The molecule has 2 aromatic rings. The van der Waals surface area contributed by atoms with E-state index in [-0.39, 0.29) is 0 Å². The molecule has 5 heteroatoms. The summed E-state index contributed by atoms with van der Waals surface area (Å²) in [6.45, 7) is 0.753. The lowest BCUT2D eigenvalue weighted by atomic mass is 10.2. The average molecular weight is 274 g/mol. The molecule has 1 heterocycles. The molecule has 1 aromatic carbocycles. The highest BCUT2D eigenvalue weighted by atomic mass is 16.5. The first-order valence-corrected chi connectivity index (χ1v) is 6.26. The van der Waals surface area contributed by atoms with Crippen LogP contribution in [0, 0.1) is 0 Å². The Labute approximate surface area is 118 Å². The maximum atomic E-state index is 5.78. The van der Waals surface area contributed by atoms with Gasteiger partial charge in [0.2, 0.25) is 5.75 Å². The van der Waals surface area contributed by atoms with E-state index in [0.29, 0.717) is 30.4 Å². The number of nitrogens with zero attached hydrogens (tertiary/aromatic N) is 1. The fourth-order valence-electron chi connectivity index (χ4n) is 1.82. The van der Waals surface area contributed by atoms with Crippen molar-refractivity contribution < 1.29 is 14.2 Å². The number of methoxy groups -OCH3 is 2. The normalized spacial score (nSPS) is 10.2. The first-order chi connectivity index (χ1) is 9.78. The van der Waals surface area contributed by atoms with Gasteiger partial charge in [-0.2, -0.15) is 0 Å². The number of hydrogen-bond acceptors (Lipinski definition) is 5. The minimum absolute atomic E-state index is 0.343. The number of aromatic nitrogens is 1. The van der Waals surface area contributed by atoms with Crippen molar-refractivity contribution in [2.24, 2.45) is 5.73 Å². The van der Waals surface area contributed by atoms with E-state index in [4.69, 9.17) is 19.9 Å². The van der Waals surface area contributed by atoms with Gasteiger partial charge in [0.25, 0.3) is 0 Å². The Hall–Kier alpha value is -2.27. The summed E-state index contributed by atoms with van der Waals surface area (Å²) in [6.07, 6.45) is 1.73. The van der Waals surface area contributed by atoms with Crippen molar-refractivity contribution in [3.8, 4) is 17.2 Å². The highest BCUT2D eigenvalue weighted by Crippen LogP contribution is 2.38. The highest BCUT2D eigenvalue weighted by Gasteiger charge is 2.14. The van der Waals surface area contributed by atoms with Crippen molar-refractivity contribution >= 4 is 0 Å². The second-order valence-electron chi connectivity index (χ2n) is 4.14. The quantitative estimate of drug-likeness (QED) is 0.874. The number of ether oxygens (including phenoxy) is 3. The lowest BCUT2D eigenvalue weighted by molar-refractivity contribution is 0.262. The van der Waals surface area contributed by atoms with Crippen molar-refractivity contribution in [2.45, 2.75) is 13.2 Å². The summed E-state index contributed by atoms with van der Waals surface area (Å²) in [5.41, 5.74) is 7.40. The van der Waals surface area contributed by atoms with Crippen LogP contribution in [0.2, 0.25) is 0 Å². The van der Waals surface area contributed by atoms with E-state index in [1.807, 2.05) is 30.3 Å². The lowest BCUT2D eigenvalue weighted by Crippen LogP contribution is -2.04. The van der Waals surface area contributed by atoms with E-state index in [2.05, 4.69) is 4.98 Å². The van der Waals surface area contributed by atoms with Crippen LogP contribution in [0.5, 0.6) is 17.2 Å². The Balaban J connectivity index is 2.25. The van der Waals surface area contributed by atoms with E-state index < -0.39 is 0 Å².